The van der Waals surface area contributed by atoms with E-state index in [4.69, 9.17) is 0 Å². The first-order valence-electron chi connectivity index (χ1n) is 8.94. The first kappa shape index (κ1) is 19.4. The van der Waals surface area contributed by atoms with Crippen LogP contribution in [0.1, 0.15) is 22.3 Å². The molecule has 0 fully saturated rings. The van der Waals surface area contributed by atoms with Crippen molar-refractivity contribution in [2.24, 2.45) is 0 Å². The lowest BCUT2D eigenvalue weighted by Gasteiger charge is -2.22. The predicted molar refractivity (Wildman–Crippen MR) is 103 cm³/mol. The minimum absolute atomic E-state index is 0.282. The van der Waals surface area contributed by atoms with E-state index in [-0.39, 0.29) is 5.91 Å². The summed E-state index contributed by atoms with van der Waals surface area (Å²) in [5.41, 5.74) is 6.96. The molecule has 2 aromatic carbocycles. The van der Waals surface area contributed by atoms with Gasteiger partial charge in [0.1, 0.15) is 11.9 Å². The summed E-state index contributed by atoms with van der Waals surface area (Å²) in [5.74, 6) is -1.13. The first-order valence-corrected chi connectivity index (χ1v) is 8.94. The molecule has 0 bridgehead atoms. The molecule has 3 rings (SSSR count). The Bertz CT molecular complexity index is 826. The second-order valence-corrected chi connectivity index (χ2v) is 6.29. The van der Waals surface area contributed by atoms with Crippen molar-refractivity contribution in [3.63, 3.8) is 0 Å². The molecule has 1 aliphatic rings. The second-order valence-electron chi connectivity index (χ2n) is 6.29. The van der Waals surface area contributed by atoms with Gasteiger partial charge in [0.2, 0.25) is 5.91 Å². The zero-order valence-corrected chi connectivity index (χ0v) is 15.2. The van der Waals surface area contributed by atoms with Crippen molar-refractivity contribution < 1.29 is 14.0 Å². The average molecular weight is 383 g/mol. The van der Waals surface area contributed by atoms with Crippen LogP contribution in [0.3, 0.4) is 0 Å². The lowest BCUT2D eigenvalue weighted by Crippen LogP contribution is -2.48. The molecule has 4 N–H and O–H groups in total. The van der Waals surface area contributed by atoms with Crippen molar-refractivity contribution >= 4 is 11.8 Å². The molecule has 2 aromatic rings. The molecule has 0 aromatic heterocycles. The van der Waals surface area contributed by atoms with E-state index in [2.05, 4.69) is 21.6 Å². The van der Waals surface area contributed by atoms with Crippen molar-refractivity contribution in [2.45, 2.75) is 19.0 Å². The van der Waals surface area contributed by atoms with E-state index in [1.807, 2.05) is 30.3 Å². The van der Waals surface area contributed by atoms with Gasteiger partial charge in [-0.25, -0.2) is 4.39 Å². The van der Waals surface area contributed by atoms with E-state index >= 15 is 0 Å². The molecule has 146 valence electrons. The number of nitrogens with zero attached hydrogens (tertiary/aromatic N) is 1. The molecule has 1 heterocycles. The highest BCUT2D eigenvalue weighted by Crippen LogP contribution is 2.06. The summed E-state index contributed by atoms with van der Waals surface area (Å²) in [4.78, 5) is 25.2. The number of hydrogen-bond acceptors (Lipinski definition) is 5. The van der Waals surface area contributed by atoms with Gasteiger partial charge in [-0.15, -0.1) is 5.53 Å². The van der Waals surface area contributed by atoms with Crippen molar-refractivity contribution in [3.05, 3.63) is 83.9 Å². The maximum atomic E-state index is 13.1. The van der Waals surface area contributed by atoms with Crippen LogP contribution in [0, 0.1) is 5.82 Å². The minimum atomic E-state index is -0.739. The molecule has 0 radical (unpaired) electrons. The summed E-state index contributed by atoms with van der Waals surface area (Å²) in [6.07, 6.45) is 3.90. The number of halogens is 1. The normalized spacial score (nSPS) is 13.7. The van der Waals surface area contributed by atoms with Crippen LogP contribution in [0.25, 0.3) is 0 Å². The molecular weight excluding hydrogens is 361 g/mol. The zero-order valence-electron chi connectivity index (χ0n) is 15.2. The Hall–Kier alpha value is -3.39. The van der Waals surface area contributed by atoms with E-state index in [1.165, 1.54) is 24.3 Å². The van der Waals surface area contributed by atoms with Crippen LogP contribution in [0.5, 0.6) is 0 Å². The number of benzene rings is 2. The minimum Gasteiger partial charge on any atom is -0.350 e. The average Bonchev–Trinajstić information content (AvgIpc) is 3.24. The standard InChI is InChI=1S/C20H22FN5O2/c21-17-8-6-16(7-9-17)19(27)24-18(10-12-26-13-11-23-25-26)20(28)22-14-15-4-2-1-3-5-15/h1-9,11,13,18,23,25H,10,12,14H2,(H,22,28)(H,24,27)/t18-/m0/s1. The van der Waals surface area contributed by atoms with Gasteiger partial charge < -0.3 is 16.1 Å². The van der Waals surface area contributed by atoms with Gasteiger partial charge in [0, 0.05) is 31.1 Å². The third kappa shape index (κ3) is 5.55. The number of rotatable bonds is 8. The van der Waals surface area contributed by atoms with E-state index in [0.29, 0.717) is 25.1 Å². The number of nitrogens with one attached hydrogen (secondary N) is 4. The van der Waals surface area contributed by atoms with Crippen LogP contribution in [0.15, 0.2) is 67.0 Å². The van der Waals surface area contributed by atoms with E-state index in [9.17, 15) is 14.0 Å². The van der Waals surface area contributed by atoms with Gasteiger partial charge in [0.25, 0.3) is 5.91 Å². The summed E-state index contributed by atoms with van der Waals surface area (Å²) in [6.45, 7) is 0.864. The summed E-state index contributed by atoms with van der Waals surface area (Å²) in [6, 6.07) is 14.0. The Morgan fingerprint density at radius 2 is 1.82 bits per heavy atom. The van der Waals surface area contributed by atoms with Gasteiger partial charge in [-0.3, -0.25) is 14.6 Å². The topological polar surface area (TPSA) is 85.5 Å². The lowest BCUT2D eigenvalue weighted by molar-refractivity contribution is -0.123. The fourth-order valence-corrected chi connectivity index (χ4v) is 2.70. The Morgan fingerprint density at radius 3 is 2.50 bits per heavy atom. The lowest BCUT2D eigenvalue weighted by atomic mass is 10.1. The van der Waals surface area contributed by atoms with Gasteiger partial charge in [-0.2, -0.15) is 0 Å². The van der Waals surface area contributed by atoms with Crippen LogP contribution < -0.4 is 21.6 Å². The van der Waals surface area contributed by atoms with Crippen molar-refractivity contribution in [1.82, 2.24) is 26.6 Å². The summed E-state index contributed by atoms with van der Waals surface area (Å²) in [7, 11) is 0. The number of hydrazine groups is 2. The Morgan fingerprint density at radius 1 is 1.07 bits per heavy atom. The molecule has 0 saturated carbocycles. The molecule has 0 aliphatic carbocycles. The third-order valence-electron chi connectivity index (χ3n) is 4.24. The zero-order chi connectivity index (χ0) is 19.8. The highest BCUT2D eigenvalue weighted by Gasteiger charge is 2.22. The molecule has 28 heavy (non-hydrogen) atoms. The summed E-state index contributed by atoms with van der Waals surface area (Å²) < 4.78 is 13.1. The van der Waals surface area contributed by atoms with Gasteiger partial charge in [-0.05, 0) is 36.2 Å². The monoisotopic (exact) mass is 383 g/mol. The molecule has 8 heteroatoms. The second kappa shape index (κ2) is 9.52. The number of carbonyl (C=O) groups is 2. The first-order chi connectivity index (χ1) is 13.6. The molecule has 0 unspecified atom stereocenters. The smallest absolute Gasteiger partial charge is 0.251 e. The molecule has 2 amide bonds. The van der Waals surface area contributed by atoms with Crippen LogP contribution in [-0.4, -0.2) is 29.4 Å². The van der Waals surface area contributed by atoms with Crippen LogP contribution >= 0.6 is 0 Å². The number of amides is 2. The molecular formula is C20H22FN5O2. The maximum absolute atomic E-state index is 13.1. The highest BCUT2D eigenvalue weighted by molar-refractivity contribution is 5.97. The SMILES string of the molecule is O=C(N[C@@H](CCN1C=CNN1)C(=O)NCc1ccccc1)c1ccc(F)cc1. The van der Waals surface area contributed by atoms with Gasteiger partial charge in [0.15, 0.2) is 0 Å². The number of hydrogen-bond donors (Lipinski definition) is 4. The van der Waals surface area contributed by atoms with Crippen molar-refractivity contribution in [1.29, 1.82) is 0 Å². The predicted octanol–water partition coefficient (Wildman–Crippen LogP) is 1.43. The molecule has 1 atom stereocenters. The van der Waals surface area contributed by atoms with Crippen molar-refractivity contribution in [3.8, 4) is 0 Å². The quantitative estimate of drug-likeness (QED) is 0.554. The third-order valence-corrected chi connectivity index (χ3v) is 4.24. The maximum Gasteiger partial charge on any atom is 0.251 e. The van der Waals surface area contributed by atoms with Crippen LogP contribution in [-0.2, 0) is 11.3 Å². The van der Waals surface area contributed by atoms with Crippen LogP contribution in [0.2, 0.25) is 0 Å². The largest absolute Gasteiger partial charge is 0.350 e. The number of carbonyl (C=O) groups excluding carboxylic acids is 2. The van der Waals surface area contributed by atoms with E-state index in [0.717, 1.165) is 5.56 Å². The fraction of sp³-hybridized carbons (Fsp3) is 0.200. The summed E-state index contributed by atoms with van der Waals surface area (Å²) >= 11 is 0. The Kier molecular flexibility index (Phi) is 6.59. The summed E-state index contributed by atoms with van der Waals surface area (Å²) in [5, 5.41) is 7.36. The van der Waals surface area contributed by atoms with E-state index < -0.39 is 17.8 Å². The van der Waals surface area contributed by atoms with Gasteiger partial charge in [-0.1, -0.05) is 30.3 Å². The van der Waals surface area contributed by atoms with Gasteiger partial charge >= 0.3 is 0 Å². The van der Waals surface area contributed by atoms with Crippen LogP contribution in [0.4, 0.5) is 4.39 Å². The molecule has 7 nitrogen and oxygen atoms in total. The highest BCUT2D eigenvalue weighted by atomic mass is 19.1. The molecule has 1 aliphatic heterocycles. The molecule has 0 saturated heterocycles. The molecule has 0 spiro atoms. The van der Waals surface area contributed by atoms with Crippen molar-refractivity contribution in [2.75, 3.05) is 6.54 Å². The van der Waals surface area contributed by atoms with E-state index in [1.54, 1.807) is 17.4 Å². The Balaban J connectivity index is 1.62. The Labute approximate surface area is 162 Å². The van der Waals surface area contributed by atoms with Gasteiger partial charge in [0.05, 0.1) is 0 Å². The fourth-order valence-electron chi connectivity index (χ4n) is 2.70.